The number of aliphatic hydroxyl groups is 1. The molecular formula is C20H13N3O4. The molecule has 3 aromatic rings. The lowest BCUT2D eigenvalue weighted by Crippen LogP contribution is -2.30. The molecule has 0 spiro atoms. The molecular weight excluding hydrogens is 346 g/mol. The van der Waals surface area contributed by atoms with Crippen molar-refractivity contribution in [1.29, 1.82) is 5.26 Å². The van der Waals surface area contributed by atoms with Gasteiger partial charge in [-0.2, -0.15) is 5.26 Å². The number of hydrogen-bond donors (Lipinski definition) is 2. The molecule has 0 saturated carbocycles. The van der Waals surface area contributed by atoms with Gasteiger partial charge in [0, 0.05) is 6.42 Å². The molecule has 1 aliphatic rings. The van der Waals surface area contributed by atoms with Crippen molar-refractivity contribution in [2.75, 3.05) is 0 Å². The maximum atomic E-state index is 12.2. The van der Waals surface area contributed by atoms with Crippen LogP contribution in [0.5, 0.6) is 0 Å². The first kappa shape index (κ1) is 16.5. The van der Waals surface area contributed by atoms with Gasteiger partial charge < -0.3 is 14.8 Å². The third-order valence-electron chi connectivity index (χ3n) is 4.41. The molecule has 1 atom stereocenters. The zero-order valence-corrected chi connectivity index (χ0v) is 14.0. The van der Waals surface area contributed by atoms with Gasteiger partial charge in [-0.1, -0.05) is 30.3 Å². The molecule has 0 fully saturated rings. The van der Waals surface area contributed by atoms with Gasteiger partial charge in [-0.15, -0.1) is 0 Å². The highest BCUT2D eigenvalue weighted by atomic mass is 16.6. The number of nitrogens with zero attached hydrogens (tertiary/aromatic N) is 2. The summed E-state index contributed by atoms with van der Waals surface area (Å²) in [4.78, 5) is 31.2. The highest BCUT2D eigenvalue weighted by Gasteiger charge is 2.31. The summed E-state index contributed by atoms with van der Waals surface area (Å²) >= 11 is 0. The Bertz CT molecular complexity index is 1200. The van der Waals surface area contributed by atoms with Crippen molar-refractivity contribution in [3.05, 3.63) is 81.6 Å². The van der Waals surface area contributed by atoms with Crippen LogP contribution < -0.4 is 5.56 Å². The van der Waals surface area contributed by atoms with E-state index in [0.29, 0.717) is 22.0 Å². The van der Waals surface area contributed by atoms with Crippen LogP contribution in [-0.4, -0.2) is 27.1 Å². The van der Waals surface area contributed by atoms with Crippen molar-refractivity contribution in [1.82, 2.24) is 9.97 Å². The molecule has 0 radical (unpaired) electrons. The molecule has 2 aromatic carbocycles. The second-order valence-corrected chi connectivity index (χ2v) is 6.06. The first-order valence-corrected chi connectivity index (χ1v) is 8.20. The zero-order valence-electron chi connectivity index (χ0n) is 14.0. The highest BCUT2D eigenvalue weighted by molar-refractivity contribution is 5.92. The van der Waals surface area contributed by atoms with E-state index >= 15 is 0 Å². The lowest BCUT2D eigenvalue weighted by atomic mass is 9.96. The van der Waals surface area contributed by atoms with Crippen molar-refractivity contribution >= 4 is 22.4 Å². The second-order valence-electron chi connectivity index (χ2n) is 6.06. The van der Waals surface area contributed by atoms with Crippen LogP contribution in [0.2, 0.25) is 0 Å². The number of aromatic amines is 1. The number of rotatable bonds is 2. The average Bonchev–Trinajstić information content (AvgIpc) is 2.68. The quantitative estimate of drug-likeness (QED) is 0.412. The minimum atomic E-state index is -1.03. The van der Waals surface area contributed by atoms with Gasteiger partial charge in [0.05, 0.1) is 16.5 Å². The molecule has 4 rings (SSSR count). The van der Waals surface area contributed by atoms with Crippen molar-refractivity contribution < 1.29 is 14.6 Å². The van der Waals surface area contributed by atoms with Crippen molar-refractivity contribution in [3.63, 3.8) is 0 Å². The van der Waals surface area contributed by atoms with E-state index in [9.17, 15) is 20.0 Å². The Balaban J connectivity index is 1.80. The third kappa shape index (κ3) is 2.83. The van der Waals surface area contributed by atoms with Gasteiger partial charge >= 0.3 is 5.97 Å². The zero-order chi connectivity index (χ0) is 19.0. The largest absolute Gasteiger partial charge is 0.507 e. The number of aliphatic hydroxyl groups excluding tert-OH is 1. The van der Waals surface area contributed by atoms with Crippen LogP contribution in [0.15, 0.2) is 59.1 Å². The molecule has 27 heavy (non-hydrogen) atoms. The number of nitriles is 1. The van der Waals surface area contributed by atoms with Gasteiger partial charge in [-0.25, -0.2) is 9.78 Å². The molecule has 0 saturated heterocycles. The molecule has 2 heterocycles. The molecule has 0 aliphatic carbocycles. The van der Waals surface area contributed by atoms with Gasteiger partial charge in [-0.3, -0.25) is 4.79 Å². The SMILES string of the molecule is N#CC(=C(O)C1Cc2ccccc2C(=O)O1)c1nc2ccccc2c(=O)[nH]1. The Kier molecular flexibility index (Phi) is 3.94. The Morgan fingerprint density at radius 1 is 1.19 bits per heavy atom. The van der Waals surface area contributed by atoms with Crippen LogP contribution in [0.4, 0.5) is 0 Å². The molecule has 132 valence electrons. The van der Waals surface area contributed by atoms with Gasteiger partial charge in [-0.05, 0) is 23.8 Å². The molecule has 7 nitrogen and oxygen atoms in total. The molecule has 0 amide bonds. The summed E-state index contributed by atoms with van der Waals surface area (Å²) in [5.74, 6) is -1.10. The predicted molar refractivity (Wildman–Crippen MR) is 96.9 cm³/mol. The summed E-state index contributed by atoms with van der Waals surface area (Å²) in [7, 11) is 0. The van der Waals surface area contributed by atoms with Crippen molar-refractivity contribution in [2.24, 2.45) is 0 Å². The number of nitrogens with one attached hydrogen (secondary N) is 1. The topological polar surface area (TPSA) is 116 Å². The number of cyclic esters (lactones) is 1. The van der Waals surface area contributed by atoms with Gasteiger partial charge in [0.15, 0.2) is 17.7 Å². The molecule has 2 N–H and O–H groups in total. The number of carbonyl (C=O) groups excluding carboxylic acids is 1. The van der Waals surface area contributed by atoms with Gasteiger partial charge in [0.2, 0.25) is 0 Å². The second kappa shape index (κ2) is 6.42. The number of allylic oxidation sites excluding steroid dienone is 1. The Hall–Kier alpha value is -3.92. The molecule has 1 aromatic heterocycles. The first-order chi connectivity index (χ1) is 13.1. The van der Waals surface area contributed by atoms with Crippen LogP contribution in [0, 0.1) is 11.3 Å². The van der Waals surface area contributed by atoms with E-state index in [0.717, 1.165) is 0 Å². The molecule has 7 heteroatoms. The summed E-state index contributed by atoms with van der Waals surface area (Å²) < 4.78 is 5.28. The number of fused-ring (bicyclic) bond motifs is 2. The lowest BCUT2D eigenvalue weighted by molar-refractivity contribution is 0.0251. The maximum absolute atomic E-state index is 12.2. The number of para-hydroxylation sites is 1. The first-order valence-electron chi connectivity index (χ1n) is 8.20. The Morgan fingerprint density at radius 3 is 2.74 bits per heavy atom. The maximum Gasteiger partial charge on any atom is 0.339 e. The molecule has 1 aliphatic heterocycles. The summed E-state index contributed by atoms with van der Waals surface area (Å²) in [6.07, 6.45) is -0.810. The Morgan fingerprint density at radius 2 is 1.93 bits per heavy atom. The van der Waals surface area contributed by atoms with Crippen LogP contribution >= 0.6 is 0 Å². The minimum absolute atomic E-state index is 0.0754. The summed E-state index contributed by atoms with van der Waals surface area (Å²) in [5, 5.41) is 20.5. The smallest absolute Gasteiger partial charge is 0.339 e. The molecule has 0 bridgehead atoms. The number of H-pyrrole nitrogens is 1. The fourth-order valence-corrected chi connectivity index (χ4v) is 3.08. The van der Waals surface area contributed by atoms with E-state index < -0.39 is 23.4 Å². The summed E-state index contributed by atoms with van der Waals surface area (Å²) in [5.41, 5.74) is 0.861. The van der Waals surface area contributed by atoms with E-state index in [-0.39, 0.29) is 17.8 Å². The minimum Gasteiger partial charge on any atom is -0.507 e. The number of ether oxygens (including phenoxy) is 1. The Labute approximate surface area is 153 Å². The number of benzene rings is 2. The highest BCUT2D eigenvalue weighted by Crippen LogP contribution is 2.27. The number of esters is 1. The van der Waals surface area contributed by atoms with E-state index in [4.69, 9.17) is 4.74 Å². The van der Waals surface area contributed by atoms with Gasteiger partial charge in [0.25, 0.3) is 5.56 Å². The van der Waals surface area contributed by atoms with Gasteiger partial charge in [0.1, 0.15) is 11.6 Å². The summed E-state index contributed by atoms with van der Waals surface area (Å²) in [6.45, 7) is 0. The standard InChI is InChI=1S/C20H13N3O4/c21-10-14(18-22-15-8-4-3-7-13(15)19(25)23-18)17(24)16-9-11-5-1-2-6-12(11)20(26)27-16/h1-8,16,24H,9H2,(H,22,23,25). The number of aromatic nitrogens is 2. The van der Waals surface area contributed by atoms with Crippen LogP contribution in [-0.2, 0) is 11.2 Å². The number of hydrogen-bond acceptors (Lipinski definition) is 6. The monoisotopic (exact) mass is 359 g/mol. The van der Waals surface area contributed by atoms with Crippen LogP contribution in [0.1, 0.15) is 21.7 Å². The number of carbonyl (C=O) groups is 1. The van der Waals surface area contributed by atoms with E-state index in [1.807, 2.05) is 6.07 Å². The fourth-order valence-electron chi connectivity index (χ4n) is 3.08. The third-order valence-corrected chi connectivity index (χ3v) is 4.41. The molecule has 1 unspecified atom stereocenters. The van der Waals surface area contributed by atoms with E-state index in [1.54, 1.807) is 48.5 Å². The van der Waals surface area contributed by atoms with Crippen LogP contribution in [0.3, 0.4) is 0 Å². The van der Waals surface area contributed by atoms with Crippen molar-refractivity contribution in [2.45, 2.75) is 12.5 Å². The van der Waals surface area contributed by atoms with Crippen molar-refractivity contribution in [3.8, 4) is 6.07 Å². The predicted octanol–water partition coefficient (Wildman–Crippen LogP) is 2.50. The fraction of sp³-hybridized carbons (Fsp3) is 0.100. The van der Waals surface area contributed by atoms with E-state index in [1.165, 1.54) is 0 Å². The van der Waals surface area contributed by atoms with Crippen LogP contribution in [0.25, 0.3) is 16.5 Å². The summed E-state index contributed by atoms with van der Waals surface area (Å²) in [6, 6.07) is 15.4. The van der Waals surface area contributed by atoms with E-state index in [2.05, 4.69) is 9.97 Å². The normalized spacial score (nSPS) is 16.9. The lowest BCUT2D eigenvalue weighted by Gasteiger charge is -2.24. The average molecular weight is 359 g/mol.